The zero-order valence-corrected chi connectivity index (χ0v) is 11.6. The van der Waals surface area contributed by atoms with Crippen molar-refractivity contribution in [3.8, 4) is 11.5 Å². The predicted molar refractivity (Wildman–Crippen MR) is 74.4 cm³/mol. The molecule has 0 saturated carbocycles. The van der Waals surface area contributed by atoms with Crippen LogP contribution in [-0.2, 0) is 0 Å². The minimum atomic E-state index is 0.490. The highest BCUT2D eigenvalue weighted by Crippen LogP contribution is 2.32. The summed E-state index contributed by atoms with van der Waals surface area (Å²) in [7, 11) is 0. The average molecular weight is 330 g/mol. The third kappa shape index (κ3) is 1.94. The summed E-state index contributed by atoms with van der Waals surface area (Å²) in [5.41, 5.74) is 8.50. The van der Waals surface area contributed by atoms with Gasteiger partial charge in [-0.15, -0.1) is 11.3 Å². The van der Waals surface area contributed by atoms with Gasteiger partial charge in [0.15, 0.2) is 5.58 Å². The van der Waals surface area contributed by atoms with Gasteiger partial charge in [0.2, 0.25) is 5.89 Å². The van der Waals surface area contributed by atoms with E-state index in [2.05, 4.69) is 20.9 Å². The molecule has 0 spiro atoms. The number of halogens is 2. The molecule has 2 N–H and O–H groups in total. The van der Waals surface area contributed by atoms with Crippen LogP contribution >= 0.6 is 38.9 Å². The number of benzene rings is 1. The van der Waals surface area contributed by atoms with Crippen LogP contribution in [0.4, 0.5) is 5.69 Å². The molecule has 0 saturated heterocycles. The fourth-order valence-corrected chi connectivity index (χ4v) is 2.80. The Kier molecular flexibility index (Phi) is 2.61. The van der Waals surface area contributed by atoms with Gasteiger partial charge in [0, 0.05) is 17.0 Å². The Balaban J connectivity index is 2.19. The summed E-state index contributed by atoms with van der Waals surface area (Å²) in [5, 5.41) is 2.46. The zero-order valence-electron chi connectivity index (χ0n) is 8.41. The van der Waals surface area contributed by atoms with E-state index in [0.717, 1.165) is 9.35 Å². The van der Waals surface area contributed by atoms with Crippen LogP contribution in [0.25, 0.3) is 22.6 Å². The van der Waals surface area contributed by atoms with Crippen LogP contribution in [-0.4, -0.2) is 4.98 Å². The van der Waals surface area contributed by atoms with E-state index >= 15 is 0 Å². The van der Waals surface area contributed by atoms with Gasteiger partial charge in [0.1, 0.15) is 5.52 Å². The minimum absolute atomic E-state index is 0.490. The van der Waals surface area contributed by atoms with Gasteiger partial charge in [-0.1, -0.05) is 11.6 Å². The Labute approximate surface area is 114 Å². The van der Waals surface area contributed by atoms with Crippen LogP contribution in [0, 0.1) is 0 Å². The van der Waals surface area contributed by atoms with Gasteiger partial charge in [-0.25, -0.2) is 4.98 Å². The van der Waals surface area contributed by atoms with Crippen LogP contribution in [0.5, 0.6) is 0 Å². The number of thiophene rings is 1. The summed E-state index contributed by atoms with van der Waals surface area (Å²) in [6, 6.07) is 5.36. The zero-order chi connectivity index (χ0) is 12.0. The lowest BCUT2D eigenvalue weighted by molar-refractivity contribution is 0.620. The highest BCUT2D eigenvalue weighted by Gasteiger charge is 2.11. The highest BCUT2D eigenvalue weighted by molar-refractivity contribution is 9.11. The summed E-state index contributed by atoms with van der Waals surface area (Å²) in [6.45, 7) is 0. The van der Waals surface area contributed by atoms with Crippen LogP contribution < -0.4 is 5.73 Å². The average Bonchev–Trinajstić information content (AvgIpc) is 2.85. The van der Waals surface area contributed by atoms with E-state index in [-0.39, 0.29) is 0 Å². The molecule has 0 radical (unpaired) electrons. The summed E-state index contributed by atoms with van der Waals surface area (Å²) < 4.78 is 6.67. The molecule has 0 aliphatic carbocycles. The number of aromatic nitrogens is 1. The number of nitrogens with zero attached hydrogens (tertiary/aromatic N) is 1. The highest BCUT2D eigenvalue weighted by atomic mass is 79.9. The van der Waals surface area contributed by atoms with Gasteiger partial charge in [-0.2, -0.15) is 0 Å². The summed E-state index contributed by atoms with van der Waals surface area (Å²) in [5.74, 6) is 0.573. The molecule has 0 amide bonds. The molecule has 0 fully saturated rings. The van der Waals surface area contributed by atoms with Gasteiger partial charge in [-0.3, -0.25) is 0 Å². The first-order valence-electron chi connectivity index (χ1n) is 4.73. The Bertz CT molecular complexity index is 668. The van der Waals surface area contributed by atoms with Gasteiger partial charge < -0.3 is 10.2 Å². The summed E-state index contributed by atoms with van der Waals surface area (Å²) in [4.78, 5) is 4.38. The minimum Gasteiger partial charge on any atom is -0.436 e. The van der Waals surface area contributed by atoms with Crippen LogP contribution in [0.2, 0.25) is 5.02 Å². The molecule has 0 bridgehead atoms. The number of nitrogens with two attached hydrogens (primary N) is 1. The van der Waals surface area contributed by atoms with Crippen molar-refractivity contribution in [1.29, 1.82) is 0 Å². The Morgan fingerprint density at radius 1 is 1.35 bits per heavy atom. The van der Waals surface area contributed by atoms with E-state index in [1.54, 1.807) is 23.5 Å². The molecule has 0 unspecified atom stereocenters. The lowest BCUT2D eigenvalue weighted by Gasteiger charge is -1.94. The molecule has 1 aromatic carbocycles. The van der Waals surface area contributed by atoms with Crippen molar-refractivity contribution >= 4 is 55.7 Å². The normalized spacial score (nSPS) is 11.2. The monoisotopic (exact) mass is 328 g/mol. The van der Waals surface area contributed by atoms with Crippen molar-refractivity contribution in [3.05, 3.63) is 32.4 Å². The molecule has 0 aliphatic heterocycles. The number of oxazole rings is 1. The number of rotatable bonds is 1. The van der Waals surface area contributed by atoms with Crippen molar-refractivity contribution in [3.63, 3.8) is 0 Å². The lowest BCUT2D eigenvalue weighted by atomic mass is 10.3. The topological polar surface area (TPSA) is 52.0 Å². The van der Waals surface area contributed by atoms with E-state index in [1.807, 2.05) is 11.4 Å². The van der Waals surface area contributed by atoms with Crippen LogP contribution in [0.1, 0.15) is 0 Å². The van der Waals surface area contributed by atoms with Gasteiger partial charge in [-0.05, 0) is 28.1 Å². The quantitative estimate of drug-likeness (QED) is 0.666. The predicted octanol–water partition coefficient (Wildman–Crippen LogP) is 4.55. The van der Waals surface area contributed by atoms with E-state index in [4.69, 9.17) is 21.8 Å². The van der Waals surface area contributed by atoms with Crippen molar-refractivity contribution in [2.75, 3.05) is 5.73 Å². The number of fused-ring (bicyclic) bond motifs is 1. The second-order valence-electron chi connectivity index (χ2n) is 3.50. The molecule has 6 heteroatoms. The number of hydrogen-bond donors (Lipinski definition) is 1. The molecule has 3 nitrogen and oxygen atoms in total. The molecule has 0 atom stereocenters. The van der Waals surface area contributed by atoms with Crippen molar-refractivity contribution in [2.24, 2.45) is 0 Å². The Hall–Kier alpha value is -1.04. The second-order valence-corrected chi connectivity index (χ2v) is 6.20. The molecule has 3 rings (SSSR count). The number of hydrogen-bond acceptors (Lipinski definition) is 4. The van der Waals surface area contributed by atoms with E-state index in [1.165, 1.54) is 0 Å². The molecular formula is C11H6BrClN2OS. The SMILES string of the molecule is Nc1cc2oc(-c3csc(Br)c3)nc2cc1Cl. The smallest absolute Gasteiger partial charge is 0.228 e. The summed E-state index contributed by atoms with van der Waals surface area (Å²) >= 11 is 10.9. The first kappa shape index (κ1) is 11.1. The van der Waals surface area contributed by atoms with Crippen molar-refractivity contribution in [1.82, 2.24) is 4.98 Å². The van der Waals surface area contributed by atoms with Crippen molar-refractivity contribution in [2.45, 2.75) is 0 Å². The first-order valence-corrected chi connectivity index (χ1v) is 6.78. The fourth-order valence-electron chi connectivity index (χ4n) is 1.51. The second kappa shape index (κ2) is 4.01. The molecule has 2 heterocycles. The largest absolute Gasteiger partial charge is 0.436 e. The van der Waals surface area contributed by atoms with Gasteiger partial charge >= 0.3 is 0 Å². The molecule has 17 heavy (non-hydrogen) atoms. The first-order chi connectivity index (χ1) is 8.13. The lowest BCUT2D eigenvalue weighted by Crippen LogP contribution is -1.84. The third-order valence-electron chi connectivity index (χ3n) is 2.32. The van der Waals surface area contributed by atoms with Gasteiger partial charge in [0.05, 0.1) is 14.5 Å². The number of anilines is 1. The standard InChI is InChI=1S/C11H6BrClN2OS/c12-10-1-5(4-17-10)11-15-8-2-6(13)7(14)3-9(8)16-11/h1-4H,14H2. The molecule has 3 aromatic rings. The molecule has 0 aliphatic rings. The fraction of sp³-hybridized carbons (Fsp3) is 0. The maximum atomic E-state index is 5.93. The molecule has 2 aromatic heterocycles. The Morgan fingerprint density at radius 2 is 2.18 bits per heavy atom. The molecule has 86 valence electrons. The van der Waals surface area contributed by atoms with Crippen LogP contribution in [0.15, 0.2) is 31.8 Å². The Morgan fingerprint density at radius 3 is 2.88 bits per heavy atom. The van der Waals surface area contributed by atoms with Crippen LogP contribution in [0.3, 0.4) is 0 Å². The van der Waals surface area contributed by atoms with Crippen molar-refractivity contribution < 1.29 is 4.42 Å². The van der Waals surface area contributed by atoms with E-state index < -0.39 is 0 Å². The van der Waals surface area contributed by atoms with E-state index in [0.29, 0.717) is 27.7 Å². The van der Waals surface area contributed by atoms with E-state index in [9.17, 15) is 0 Å². The number of nitrogen functional groups attached to an aromatic ring is 1. The maximum Gasteiger partial charge on any atom is 0.228 e. The maximum absolute atomic E-state index is 5.93. The third-order valence-corrected chi connectivity index (χ3v) is 4.15. The van der Waals surface area contributed by atoms with Gasteiger partial charge in [0.25, 0.3) is 0 Å². The summed E-state index contributed by atoms with van der Waals surface area (Å²) in [6.07, 6.45) is 0. The molecular weight excluding hydrogens is 324 g/mol.